The molecule has 0 bridgehead atoms. The Kier molecular flexibility index (Phi) is 3.95. The first-order valence-electron chi connectivity index (χ1n) is 7.86. The van der Waals surface area contributed by atoms with Crippen LogP contribution < -0.4 is 4.74 Å². The molecule has 1 atom stereocenters. The van der Waals surface area contributed by atoms with Gasteiger partial charge in [0.2, 0.25) is 0 Å². The molecule has 118 valence electrons. The Morgan fingerprint density at radius 1 is 0.833 bits per heavy atom. The summed E-state index contributed by atoms with van der Waals surface area (Å²) in [5, 5.41) is 0. The number of para-hydroxylation sites is 1. The lowest BCUT2D eigenvalue weighted by molar-refractivity contribution is 0.0851. The minimum Gasteiger partial charge on any atom is -0.484 e. The van der Waals surface area contributed by atoms with Gasteiger partial charge in [0.25, 0.3) is 0 Å². The van der Waals surface area contributed by atoms with E-state index in [1.165, 1.54) is 0 Å². The van der Waals surface area contributed by atoms with E-state index in [1.54, 1.807) is 0 Å². The molecular formula is C21H15BrO2. The molecule has 0 amide bonds. The highest BCUT2D eigenvalue weighted by atomic mass is 79.9. The zero-order chi connectivity index (χ0) is 16.5. The second-order valence-electron chi connectivity index (χ2n) is 5.83. The van der Waals surface area contributed by atoms with Crippen molar-refractivity contribution in [1.82, 2.24) is 0 Å². The van der Waals surface area contributed by atoms with Crippen molar-refractivity contribution < 1.29 is 9.53 Å². The van der Waals surface area contributed by atoms with E-state index in [1.807, 2.05) is 72.8 Å². The van der Waals surface area contributed by atoms with E-state index < -0.39 is 0 Å². The van der Waals surface area contributed by atoms with Gasteiger partial charge in [0.1, 0.15) is 11.9 Å². The number of carbonyl (C=O) groups excluding carboxylic acids is 1. The molecule has 0 saturated carbocycles. The van der Waals surface area contributed by atoms with Crippen LogP contribution in [0.4, 0.5) is 0 Å². The third kappa shape index (κ3) is 2.76. The van der Waals surface area contributed by atoms with Crippen LogP contribution in [0.1, 0.15) is 28.4 Å². The summed E-state index contributed by atoms with van der Waals surface area (Å²) in [6, 6.07) is 23.7. The lowest BCUT2D eigenvalue weighted by Gasteiger charge is -2.27. The summed E-state index contributed by atoms with van der Waals surface area (Å²) >= 11 is 3.46. The molecular weight excluding hydrogens is 364 g/mol. The van der Waals surface area contributed by atoms with Crippen LogP contribution in [0.15, 0.2) is 77.3 Å². The van der Waals surface area contributed by atoms with Crippen molar-refractivity contribution in [2.24, 2.45) is 0 Å². The molecule has 0 saturated heterocycles. The maximum atomic E-state index is 12.6. The average molecular weight is 379 g/mol. The van der Waals surface area contributed by atoms with Crippen molar-refractivity contribution in [3.05, 3.63) is 88.4 Å². The number of fused-ring (bicyclic) bond motifs is 1. The molecule has 0 N–H and O–H groups in total. The number of hydrogen-bond donors (Lipinski definition) is 0. The van der Waals surface area contributed by atoms with Crippen LogP contribution in [0.3, 0.4) is 0 Å². The smallest absolute Gasteiger partial charge is 0.170 e. The van der Waals surface area contributed by atoms with Crippen LogP contribution in [-0.2, 0) is 0 Å². The predicted molar refractivity (Wildman–Crippen MR) is 98.3 cm³/mol. The van der Waals surface area contributed by atoms with Gasteiger partial charge >= 0.3 is 0 Å². The summed E-state index contributed by atoms with van der Waals surface area (Å²) in [6.45, 7) is 0. The zero-order valence-electron chi connectivity index (χ0n) is 12.9. The average Bonchev–Trinajstić information content (AvgIpc) is 2.63. The van der Waals surface area contributed by atoms with Gasteiger partial charge in [0.05, 0.1) is 12.0 Å². The van der Waals surface area contributed by atoms with Crippen molar-refractivity contribution in [3.63, 3.8) is 0 Å². The topological polar surface area (TPSA) is 26.3 Å². The van der Waals surface area contributed by atoms with Gasteiger partial charge in [-0.05, 0) is 29.3 Å². The van der Waals surface area contributed by atoms with E-state index in [0.29, 0.717) is 17.7 Å². The quantitative estimate of drug-likeness (QED) is 0.561. The van der Waals surface area contributed by atoms with Gasteiger partial charge < -0.3 is 4.74 Å². The summed E-state index contributed by atoms with van der Waals surface area (Å²) in [5.74, 6) is 0.814. The van der Waals surface area contributed by atoms with E-state index in [4.69, 9.17) is 4.74 Å². The van der Waals surface area contributed by atoms with Crippen molar-refractivity contribution in [2.75, 3.05) is 0 Å². The SMILES string of the molecule is O=C1CC(c2ccccc2)Oc2c1cccc2-c1ccc(Br)cc1. The van der Waals surface area contributed by atoms with E-state index in [0.717, 1.165) is 21.2 Å². The van der Waals surface area contributed by atoms with E-state index >= 15 is 0 Å². The Labute approximate surface area is 149 Å². The maximum Gasteiger partial charge on any atom is 0.170 e. The number of Topliss-reactive ketones (excluding diaryl/α,β-unsaturated/α-hetero) is 1. The molecule has 1 aliphatic heterocycles. The second-order valence-corrected chi connectivity index (χ2v) is 6.75. The molecule has 2 nitrogen and oxygen atoms in total. The Bertz CT molecular complexity index is 885. The van der Waals surface area contributed by atoms with Gasteiger partial charge in [-0.1, -0.05) is 70.5 Å². The molecule has 0 aromatic heterocycles. The molecule has 0 radical (unpaired) electrons. The highest BCUT2D eigenvalue weighted by Gasteiger charge is 2.29. The standard InChI is InChI=1S/C21H15BrO2/c22-16-11-9-14(10-12-16)17-7-4-8-18-19(23)13-20(24-21(17)18)15-5-2-1-3-6-15/h1-12,20H,13H2. The van der Waals surface area contributed by atoms with E-state index in [2.05, 4.69) is 15.9 Å². The number of carbonyl (C=O) groups is 1. The first-order chi connectivity index (χ1) is 11.7. The Balaban J connectivity index is 1.80. The minimum atomic E-state index is -0.234. The van der Waals surface area contributed by atoms with Crippen LogP contribution in [-0.4, -0.2) is 5.78 Å². The molecule has 0 fully saturated rings. The zero-order valence-corrected chi connectivity index (χ0v) is 14.5. The largest absolute Gasteiger partial charge is 0.484 e. The normalized spacial score (nSPS) is 16.4. The number of hydrogen-bond acceptors (Lipinski definition) is 2. The van der Waals surface area contributed by atoms with Crippen molar-refractivity contribution in [1.29, 1.82) is 0 Å². The number of ether oxygens (including phenoxy) is 1. The monoisotopic (exact) mass is 378 g/mol. The fourth-order valence-electron chi connectivity index (χ4n) is 3.06. The molecule has 3 heteroatoms. The van der Waals surface area contributed by atoms with Gasteiger partial charge in [-0.15, -0.1) is 0 Å². The molecule has 3 aromatic rings. The minimum absolute atomic E-state index is 0.129. The fourth-order valence-corrected chi connectivity index (χ4v) is 3.32. The van der Waals surface area contributed by atoms with Gasteiger partial charge in [-0.25, -0.2) is 0 Å². The highest BCUT2D eigenvalue weighted by Crippen LogP contribution is 2.41. The van der Waals surface area contributed by atoms with Crippen LogP contribution in [0.25, 0.3) is 11.1 Å². The summed E-state index contributed by atoms with van der Waals surface area (Å²) < 4.78 is 7.29. The molecule has 4 rings (SSSR count). The molecule has 3 aromatic carbocycles. The van der Waals surface area contributed by atoms with Crippen molar-refractivity contribution in [2.45, 2.75) is 12.5 Å². The van der Waals surface area contributed by atoms with Crippen LogP contribution in [0.2, 0.25) is 0 Å². The number of rotatable bonds is 2. The maximum absolute atomic E-state index is 12.6. The van der Waals surface area contributed by atoms with Crippen LogP contribution >= 0.6 is 15.9 Å². The summed E-state index contributed by atoms with van der Waals surface area (Å²) in [4.78, 5) is 12.6. The molecule has 0 aliphatic carbocycles. The number of halogens is 1. The summed E-state index contributed by atoms with van der Waals surface area (Å²) in [6.07, 6.45) is 0.142. The third-order valence-corrected chi connectivity index (χ3v) is 4.80. The van der Waals surface area contributed by atoms with Crippen molar-refractivity contribution >= 4 is 21.7 Å². The molecule has 1 heterocycles. The second kappa shape index (κ2) is 6.25. The Hall–Kier alpha value is -2.39. The first-order valence-corrected chi connectivity index (χ1v) is 8.65. The molecule has 1 aliphatic rings. The van der Waals surface area contributed by atoms with Gasteiger partial charge in [-0.3, -0.25) is 4.79 Å². The van der Waals surface area contributed by atoms with Gasteiger partial charge in [-0.2, -0.15) is 0 Å². The number of benzene rings is 3. The summed E-state index contributed by atoms with van der Waals surface area (Å²) in [5.41, 5.74) is 3.69. The predicted octanol–water partition coefficient (Wildman–Crippen LogP) is 5.82. The van der Waals surface area contributed by atoms with Gasteiger partial charge in [0, 0.05) is 10.0 Å². The molecule has 24 heavy (non-hydrogen) atoms. The highest BCUT2D eigenvalue weighted by molar-refractivity contribution is 9.10. The Morgan fingerprint density at radius 2 is 1.54 bits per heavy atom. The van der Waals surface area contributed by atoms with Gasteiger partial charge in [0.15, 0.2) is 5.78 Å². The number of ketones is 1. The van der Waals surface area contributed by atoms with E-state index in [9.17, 15) is 4.79 Å². The lowest BCUT2D eigenvalue weighted by atomic mass is 9.92. The lowest BCUT2D eigenvalue weighted by Crippen LogP contribution is -2.20. The van der Waals surface area contributed by atoms with Crippen LogP contribution in [0, 0.1) is 0 Å². The Morgan fingerprint density at radius 3 is 2.29 bits per heavy atom. The van der Waals surface area contributed by atoms with E-state index in [-0.39, 0.29) is 11.9 Å². The molecule has 1 unspecified atom stereocenters. The summed E-state index contributed by atoms with van der Waals surface area (Å²) in [7, 11) is 0. The van der Waals surface area contributed by atoms with Crippen LogP contribution in [0.5, 0.6) is 5.75 Å². The first kappa shape index (κ1) is 15.2. The molecule has 0 spiro atoms. The third-order valence-electron chi connectivity index (χ3n) is 4.27. The fraction of sp³-hybridized carbons (Fsp3) is 0.0952. The van der Waals surface area contributed by atoms with Crippen molar-refractivity contribution in [3.8, 4) is 16.9 Å².